The SMILES string of the molecule is CC(N)c1nc2ccncc2cc1-c1ccccn1. The van der Waals surface area contributed by atoms with Crippen LogP contribution in [-0.4, -0.2) is 15.0 Å². The molecule has 0 aromatic carbocycles. The van der Waals surface area contributed by atoms with Gasteiger partial charge in [-0.1, -0.05) is 6.07 Å². The molecular weight excluding hydrogens is 236 g/mol. The molecule has 3 heterocycles. The molecule has 0 spiro atoms. The first-order chi connectivity index (χ1) is 9.25. The molecule has 0 aliphatic rings. The lowest BCUT2D eigenvalue weighted by Gasteiger charge is -2.12. The summed E-state index contributed by atoms with van der Waals surface area (Å²) in [5, 5.41) is 0.993. The van der Waals surface area contributed by atoms with Crippen LogP contribution in [0.3, 0.4) is 0 Å². The predicted molar refractivity (Wildman–Crippen MR) is 75.4 cm³/mol. The quantitative estimate of drug-likeness (QED) is 0.759. The summed E-state index contributed by atoms with van der Waals surface area (Å²) in [6, 6.07) is 9.62. The van der Waals surface area contributed by atoms with Gasteiger partial charge in [0.05, 0.1) is 16.9 Å². The molecule has 19 heavy (non-hydrogen) atoms. The van der Waals surface area contributed by atoms with Crippen LogP contribution in [0.2, 0.25) is 0 Å². The third-order valence-corrected chi connectivity index (χ3v) is 3.02. The van der Waals surface area contributed by atoms with E-state index >= 15 is 0 Å². The van der Waals surface area contributed by atoms with Crippen LogP contribution in [0.1, 0.15) is 18.7 Å². The number of nitrogens with zero attached hydrogens (tertiary/aromatic N) is 3. The number of hydrogen-bond acceptors (Lipinski definition) is 4. The van der Waals surface area contributed by atoms with Gasteiger partial charge < -0.3 is 5.73 Å². The number of aromatic nitrogens is 3. The third kappa shape index (κ3) is 2.18. The second-order valence-electron chi connectivity index (χ2n) is 4.49. The highest BCUT2D eigenvalue weighted by molar-refractivity contribution is 5.83. The highest BCUT2D eigenvalue weighted by Gasteiger charge is 2.13. The Hall–Kier alpha value is -2.33. The summed E-state index contributed by atoms with van der Waals surface area (Å²) in [5.74, 6) is 0. The van der Waals surface area contributed by atoms with Gasteiger partial charge in [-0.2, -0.15) is 0 Å². The molecule has 0 aliphatic carbocycles. The Labute approximate surface area is 111 Å². The second kappa shape index (κ2) is 4.74. The smallest absolute Gasteiger partial charge is 0.0737 e. The standard InChI is InChI=1S/C15H14N4/c1-10(16)15-12(14-4-2-3-6-18-14)8-11-9-17-7-5-13(11)19-15/h2-10H,16H2,1H3. The summed E-state index contributed by atoms with van der Waals surface area (Å²) in [5.41, 5.74) is 9.65. The number of rotatable bonds is 2. The van der Waals surface area contributed by atoms with Gasteiger partial charge in [0.15, 0.2) is 0 Å². The van der Waals surface area contributed by atoms with Gasteiger partial charge in [-0.25, -0.2) is 0 Å². The predicted octanol–water partition coefficient (Wildman–Crippen LogP) is 2.71. The molecule has 0 bridgehead atoms. The van der Waals surface area contributed by atoms with Crippen LogP contribution >= 0.6 is 0 Å². The molecule has 0 amide bonds. The van der Waals surface area contributed by atoms with Crippen molar-refractivity contribution in [3.63, 3.8) is 0 Å². The first-order valence-corrected chi connectivity index (χ1v) is 6.17. The van der Waals surface area contributed by atoms with Crippen molar-refractivity contribution in [2.45, 2.75) is 13.0 Å². The van der Waals surface area contributed by atoms with Crippen LogP contribution in [0.15, 0.2) is 48.9 Å². The fourth-order valence-electron chi connectivity index (χ4n) is 2.11. The number of hydrogen-bond donors (Lipinski definition) is 1. The van der Waals surface area contributed by atoms with Gasteiger partial charge >= 0.3 is 0 Å². The van der Waals surface area contributed by atoms with Crippen LogP contribution in [0.25, 0.3) is 22.2 Å². The minimum Gasteiger partial charge on any atom is -0.323 e. The lowest BCUT2D eigenvalue weighted by molar-refractivity contribution is 0.788. The molecule has 3 aromatic rings. The van der Waals surface area contributed by atoms with Crippen molar-refractivity contribution in [3.05, 3.63) is 54.6 Å². The molecule has 0 saturated heterocycles. The molecule has 3 aromatic heterocycles. The van der Waals surface area contributed by atoms with Gasteiger partial charge in [-0.3, -0.25) is 15.0 Å². The van der Waals surface area contributed by atoms with E-state index in [1.165, 1.54) is 0 Å². The fourth-order valence-corrected chi connectivity index (χ4v) is 2.11. The monoisotopic (exact) mass is 250 g/mol. The lowest BCUT2D eigenvalue weighted by Crippen LogP contribution is -2.09. The van der Waals surface area contributed by atoms with E-state index < -0.39 is 0 Å². The minimum atomic E-state index is -0.144. The number of nitrogens with two attached hydrogens (primary N) is 1. The lowest BCUT2D eigenvalue weighted by atomic mass is 10.0. The Morgan fingerprint density at radius 3 is 2.79 bits per heavy atom. The van der Waals surface area contributed by atoms with E-state index in [9.17, 15) is 0 Å². The zero-order valence-electron chi connectivity index (χ0n) is 10.6. The minimum absolute atomic E-state index is 0.144. The van der Waals surface area contributed by atoms with Gasteiger partial charge in [0.1, 0.15) is 0 Å². The Kier molecular flexibility index (Phi) is 2.93. The van der Waals surface area contributed by atoms with Crippen molar-refractivity contribution in [1.82, 2.24) is 15.0 Å². The summed E-state index contributed by atoms with van der Waals surface area (Å²) in [7, 11) is 0. The topological polar surface area (TPSA) is 64.7 Å². The third-order valence-electron chi connectivity index (χ3n) is 3.02. The summed E-state index contributed by atoms with van der Waals surface area (Å²) in [6.45, 7) is 1.93. The average molecular weight is 250 g/mol. The molecule has 1 unspecified atom stereocenters. The highest BCUT2D eigenvalue weighted by Crippen LogP contribution is 2.27. The van der Waals surface area contributed by atoms with E-state index in [1.807, 2.05) is 31.2 Å². The number of pyridine rings is 3. The van der Waals surface area contributed by atoms with E-state index in [-0.39, 0.29) is 6.04 Å². The summed E-state index contributed by atoms with van der Waals surface area (Å²) < 4.78 is 0. The molecule has 0 radical (unpaired) electrons. The molecule has 4 heteroatoms. The number of fused-ring (bicyclic) bond motifs is 1. The molecule has 0 aliphatic heterocycles. The van der Waals surface area contributed by atoms with Crippen LogP contribution < -0.4 is 5.73 Å². The molecule has 0 saturated carbocycles. The second-order valence-corrected chi connectivity index (χ2v) is 4.49. The fraction of sp³-hybridized carbons (Fsp3) is 0.133. The summed E-state index contributed by atoms with van der Waals surface area (Å²) in [6.07, 6.45) is 5.31. The van der Waals surface area contributed by atoms with Crippen molar-refractivity contribution >= 4 is 10.9 Å². The zero-order valence-corrected chi connectivity index (χ0v) is 10.6. The van der Waals surface area contributed by atoms with Gasteiger partial charge in [0, 0.05) is 35.6 Å². The first-order valence-electron chi connectivity index (χ1n) is 6.17. The summed E-state index contributed by atoms with van der Waals surface area (Å²) in [4.78, 5) is 13.2. The molecule has 94 valence electrons. The normalized spacial score (nSPS) is 12.5. The van der Waals surface area contributed by atoms with E-state index in [1.54, 1.807) is 18.6 Å². The van der Waals surface area contributed by atoms with Crippen LogP contribution in [-0.2, 0) is 0 Å². The van der Waals surface area contributed by atoms with Crippen molar-refractivity contribution in [3.8, 4) is 11.3 Å². The molecular formula is C15H14N4. The maximum atomic E-state index is 6.04. The van der Waals surface area contributed by atoms with Crippen molar-refractivity contribution in [2.75, 3.05) is 0 Å². The van der Waals surface area contributed by atoms with Crippen molar-refractivity contribution in [2.24, 2.45) is 5.73 Å². The van der Waals surface area contributed by atoms with Gasteiger partial charge in [-0.15, -0.1) is 0 Å². The van der Waals surface area contributed by atoms with E-state index in [0.717, 1.165) is 27.9 Å². The van der Waals surface area contributed by atoms with Crippen molar-refractivity contribution in [1.29, 1.82) is 0 Å². The largest absolute Gasteiger partial charge is 0.323 e. The summed E-state index contributed by atoms with van der Waals surface area (Å²) >= 11 is 0. The molecule has 3 rings (SSSR count). The molecule has 4 nitrogen and oxygen atoms in total. The van der Waals surface area contributed by atoms with Crippen LogP contribution in [0, 0.1) is 0 Å². The van der Waals surface area contributed by atoms with Gasteiger partial charge in [-0.05, 0) is 31.2 Å². The molecule has 0 fully saturated rings. The molecule has 2 N–H and O–H groups in total. The van der Waals surface area contributed by atoms with E-state index in [4.69, 9.17) is 5.73 Å². The van der Waals surface area contributed by atoms with Crippen molar-refractivity contribution < 1.29 is 0 Å². The Balaban J connectivity index is 2.30. The van der Waals surface area contributed by atoms with Gasteiger partial charge in [0.25, 0.3) is 0 Å². The highest BCUT2D eigenvalue weighted by atomic mass is 14.8. The van der Waals surface area contributed by atoms with Crippen LogP contribution in [0.5, 0.6) is 0 Å². The van der Waals surface area contributed by atoms with Gasteiger partial charge in [0.2, 0.25) is 0 Å². The van der Waals surface area contributed by atoms with E-state index in [2.05, 4.69) is 21.0 Å². The van der Waals surface area contributed by atoms with Crippen LogP contribution in [0.4, 0.5) is 0 Å². The zero-order chi connectivity index (χ0) is 13.2. The Bertz CT molecular complexity index is 708. The maximum absolute atomic E-state index is 6.04. The molecule has 1 atom stereocenters. The maximum Gasteiger partial charge on any atom is 0.0737 e. The Morgan fingerprint density at radius 1 is 1.16 bits per heavy atom. The average Bonchev–Trinajstić information content (AvgIpc) is 2.46. The van der Waals surface area contributed by atoms with E-state index in [0.29, 0.717) is 0 Å². The Morgan fingerprint density at radius 2 is 2.05 bits per heavy atom. The first kappa shape index (κ1) is 11.7.